The molecule has 30 heavy (non-hydrogen) atoms. The first-order chi connectivity index (χ1) is 14.4. The Labute approximate surface area is 179 Å². The number of carbonyl (C=O) groups excluding carboxylic acids is 2. The van der Waals surface area contributed by atoms with Crippen LogP contribution in [-0.4, -0.2) is 21.6 Å². The van der Waals surface area contributed by atoms with E-state index in [4.69, 9.17) is 16.3 Å². The Kier molecular flexibility index (Phi) is 5.59. The lowest BCUT2D eigenvalue weighted by Crippen LogP contribution is -2.39. The van der Waals surface area contributed by atoms with E-state index >= 15 is 0 Å². The number of nitrogens with zero attached hydrogens (tertiary/aromatic N) is 2. The van der Waals surface area contributed by atoms with Gasteiger partial charge in [-0.1, -0.05) is 35.9 Å². The first kappa shape index (κ1) is 20.2. The molecule has 1 aliphatic rings. The maximum atomic E-state index is 12.3. The molecule has 0 bridgehead atoms. The van der Waals surface area contributed by atoms with E-state index in [1.54, 1.807) is 4.68 Å². The summed E-state index contributed by atoms with van der Waals surface area (Å²) in [4.78, 5) is 23.8. The molecule has 1 unspecified atom stereocenters. The van der Waals surface area contributed by atoms with Gasteiger partial charge in [0.05, 0.1) is 16.6 Å². The molecule has 4 rings (SSSR count). The van der Waals surface area contributed by atoms with Gasteiger partial charge in [-0.2, -0.15) is 5.10 Å². The van der Waals surface area contributed by atoms with Crippen molar-refractivity contribution in [1.82, 2.24) is 15.1 Å². The van der Waals surface area contributed by atoms with E-state index in [2.05, 4.69) is 10.4 Å². The number of rotatable bonds is 5. The van der Waals surface area contributed by atoms with E-state index in [1.165, 1.54) is 0 Å². The molecule has 0 spiro atoms. The Hall–Kier alpha value is -3.12. The summed E-state index contributed by atoms with van der Waals surface area (Å²) in [5.74, 6) is -0.211. The summed E-state index contributed by atoms with van der Waals surface area (Å²) in [7, 11) is 1.87. The third kappa shape index (κ3) is 4.09. The average molecular weight is 424 g/mol. The monoisotopic (exact) mass is 423 g/mol. The van der Waals surface area contributed by atoms with Crippen LogP contribution in [0.25, 0.3) is 11.1 Å². The van der Waals surface area contributed by atoms with Crippen LogP contribution in [0.2, 0.25) is 5.02 Å². The predicted octanol–water partition coefficient (Wildman–Crippen LogP) is 4.15. The summed E-state index contributed by atoms with van der Waals surface area (Å²) in [6.07, 6.45) is 2.66. The number of halogens is 1. The van der Waals surface area contributed by atoms with Crippen LogP contribution in [0.4, 0.5) is 0 Å². The molecule has 6 nitrogen and oxygen atoms in total. The largest absolute Gasteiger partial charge is 0.487 e. The summed E-state index contributed by atoms with van der Waals surface area (Å²) in [5.41, 5.74) is 4.44. The second-order valence-corrected chi connectivity index (χ2v) is 7.84. The molecule has 154 valence electrons. The standard InChI is InChI=1S/C23H22ClN3O3/c1-14-3-8-18(19-9-10-20(28)25-23(19)29)22(24)21(14)15-4-6-17(7-5-15)30-13-16-11-12-27(2)26-16/h3-8,11-12,19H,9-10,13H2,1-2H3,(H,25,28,29). The maximum absolute atomic E-state index is 12.3. The van der Waals surface area contributed by atoms with Gasteiger partial charge in [0.25, 0.3) is 0 Å². The summed E-state index contributed by atoms with van der Waals surface area (Å²) in [5, 5.41) is 7.25. The second-order valence-electron chi connectivity index (χ2n) is 7.46. The zero-order valence-electron chi connectivity index (χ0n) is 16.8. The van der Waals surface area contributed by atoms with Gasteiger partial charge in [-0.3, -0.25) is 19.6 Å². The van der Waals surface area contributed by atoms with Crippen molar-refractivity contribution in [3.8, 4) is 16.9 Å². The lowest BCUT2D eigenvalue weighted by atomic mass is 9.87. The summed E-state index contributed by atoms with van der Waals surface area (Å²) >= 11 is 6.76. The highest BCUT2D eigenvalue weighted by molar-refractivity contribution is 6.34. The zero-order valence-corrected chi connectivity index (χ0v) is 17.6. The van der Waals surface area contributed by atoms with Gasteiger partial charge >= 0.3 is 0 Å². The van der Waals surface area contributed by atoms with E-state index in [0.717, 1.165) is 33.7 Å². The third-order valence-electron chi connectivity index (χ3n) is 5.29. The number of aromatic nitrogens is 2. The number of hydrogen-bond donors (Lipinski definition) is 1. The minimum absolute atomic E-state index is 0.235. The van der Waals surface area contributed by atoms with Gasteiger partial charge in [0.2, 0.25) is 11.8 Å². The van der Waals surface area contributed by atoms with Crippen LogP contribution in [-0.2, 0) is 23.2 Å². The predicted molar refractivity (Wildman–Crippen MR) is 114 cm³/mol. The van der Waals surface area contributed by atoms with Gasteiger partial charge in [0, 0.05) is 25.2 Å². The SMILES string of the molecule is Cc1ccc(C2CCC(=O)NC2=O)c(Cl)c1-c1ccc(OCc2ccn(C)n2)cc1. The average Bonchev–Trinajstić information content (AvgIpc) is 3.13. The van der Waals surface area contributed by atoms with Crippen molar-refractivity contribution in [1.29, 1.82) is 0 Å². The molecular formula is C23H22ClN3O3. The molecule has 2 heterocycles. The van der Waals surface area contributed by atoms with Crippen molar-refractivity contribution in [3.05, 3.63) is 70.5 Å². The van der Waals surface area contributed by atoms with Gasteiger partial charge in [-0.15, -0.1) is 0 Å². The number of benzene rings is 2. The molecule has 2 amide bonds. The molecule has 0 saturated carbocycles. The van der Waals surface area contributed by atoms with Gasteiger partial charge in [0.15, 0.2) is 0 Å². The highest BCUT2D eigenvalue weighted by Crippen LogP contribution is 2.39. The second kappa shape index (κ2) is 8.32. The molecule has 1 N–H and O–H groups in total. The van der Waals surface area contributed by atoms with Crippen molar-refractivity contribution < 1.29 is 14.3 Å². The molecule has 2 aromatic carbocycles. The van der Waals surface area contributed by atoms with Crippen LogP contribution in [0.15, 0.2) is 48.7 Å². The van der Waals surface area contributed by atoms with Crippen LogP contribution in [0, 0.1) is 6.92 Å². The van der Waals surface area contributed by atoms with Gasteiger partial charge in [-0.05, 0) is 48.2 Å². The topological polar surface area (TPSA) is 73.2 Å². The minimum Gasteiger partial charge on any atom is -0.487 e. The maximum Gasteiger partial charge on any atom is 0.234 e. The van der Waals surface area contributed by atoms with Crippen molar-refractivity contribution in [2.75, 3.05) is 0 Å². The van der Waals surface area contributed by atoms with Gasteiger partial charge in [0.1, 0.15) is 12.4 Å². The fourth-order valence-corrected chi connectivity index (χ4v) is 4.17. The number of nitrogens with one attached hydrogen (secondary N) is 1. The van der Waals surface area contributed by atoms with Crippen LogP contribution in [0.5, 0.6) is 5.75 Å². The quantitative estimate of drug-likeness (QED) is 0.626. The molecule has 1 aliphatic heterocycles. The number of carbonyl (C=O) groups is 2. The Balaban J connectivity index is 1.57. The van der Waals surface area contributed by atoms with Gasteiger partial charge in [-0.25, -0.2) is 0 Å². The van der Waals surface area contributed by atoms with Crippen LogP contribution >= 0.6 is 11.6 Å². The van der Waals surface area contributed by atoms with Gasteiger partial charge < -0.3 is 4.74 Å². The number of imide groups is 1. The Bertz CT molecular complexity index is 1110. The lowest BCUT2D eigenvalue weighted by Gasteiger charge is -2.23. The number of ether oxygens (including phenoxy) is 1. The fraction of sp³-hybridized carbons (Fsp3) is 0.261. The minimum atomic E-state index is -0.421. The van der Waals surface area contributed by atoms with E-state index in [1.807, 2.05) is 62.6 Å². The molecule has 1 saturated heterocycles. The number of hydrogen-bond acceptors (Lipinski definition) is 4. The first-order valence-electron chi connectivity index (χ1n) is 9.77. The van der Waals surface area contributed by atoms with Crippen molar-refractivity contribution in [2.45, 2.75) is 32.3 Å². The van der Waals surface area contributed by atoms with Crippen LogP contribution in [0.3, 0.4) is 0 Å². The fourth-order valence-electron chi connectivity index (χ4n) is 3.72. The molecule has 1 aromatic heterocycles. The Morgan fingerprint density at radius 2 is 1.93 bits per heavy atom. The first-order valence-corrected chi connectivity index (χ1v) is 10.1. The lowest BCUT2D eigenvalue weighted by molar-refractivity contribution is -0.134. The smallest absolute Gasteiger partial charge is 0.234 e. The normalized spacial score (nSPS) is 16.4. The van der Waals surface area contributed by atoms with Crippen molar-refractivity contribution in [2.24, 2.45) is 7.05 Å². The van der Waals surface area contributed by atoms with Crippen LogP contribution < -0.4 is 10.1 Å². The third-order valence-corrected chi connectivity index (χ3v) is 5.70. The summed E-state index contributed by atoms with van der Waals surface area (Å²) in [6.45, 7) is 2.38. The van der Waals surface area contributed by atoms with E-state index < -0.39 is 5.92 Å². The van der Waals surface area contributed by atoms with Crippen molar-refractivity contribution in [3.63, 3.8) is 0 Å². The molecule has 7 heteroatoms. The number of amides is 2. The van der Waals surface area contributed by atoms with E-state index in [-0.39, 0.29) is 11.8 Å². The molecule has 1 fully saturated rings. The molecule has 0 radical (unpaired) electrons. The molecule has 0 aliphatic carbocycles. The molecule has 1 atom stereocenters. The Morgan fingerprint density at radius 1 is 1.17 bits per heavy atom. The Morgan fingerprint density at radius 3 is 2.60 bits per heavy atom. The molecule has 3 aromatic rings. The van der Waals surface area contributed by atoms with Crippen molar-refractivity contribution >= 4 is 23.4 Å². The van der Waals surface area contributed by atoms with E-state index in [0.29, 0.717) is 24.5 Å². The number of aryl methyl sites for hydroxylation is 2. The molecular weight excluding hydrogens is 402 g/mol. The van der Waals surface area contributed by atoms with E-state index in [9.17, 15) is 9.59 Å². The summed E-state index contributed by atoms with van der Waals surface area (Å²) < 4.78 is 7.54. The highest BCUT2D eigenvalue weighted by Gasteiger charge is 2.30. The summed E-state index contributed by atoms with van der Waals surface area (Å²) in [6, 6.07) is 13.5. The highest BCUT2D eigenvalue weighted by atomic mass is 35.5. The van der Waals surface area contributed by atoms with Crippen LogP contribution in [0.1, 0.15) is 35.6 Å². The number of piperidine rings is 1. The zero-order chi connectivity index (χ0) is 21.3.